The van der Waals surface area contributed by atoms with Gasteiger partial charge in [-0.1, -0.05) is 11.6 Å². The molecule has 6 nitrogen and oxygen atoms in total. The maximum atomic E-state index is 12.1. The lowest BCUT2D eigenvalue weighted by molar-refractivity contribution is -0.119. The van der Waals surface area contributed by atoms with Gasteiger partial charge in [-0.3, -0.25) is 14.5 Å². The van der Waals surface area contributed by atoms with Crippen molar-refractivity contribution in [1.29, 1.82) is 0 Å². The number of amides is 2. The van der Waals surface area contributed by atoms with Gasteiger partial charge in [0.15, 0.2) is 0 Å². The van der Waals surface area contributed by atoms with Crippen LogP contribution >= 0.6 is 11.6 Å². The number of carbonyl (C=O) groups excluding carboxylic acids is 2. The topological polar surface area (TPSA) is 101 Å². The van der Waals surface area contributed by atoms with E-state index in [0.29, 0.717) is 16.3 Å². The molecule has 1 heterocycles. The molecule has 0 unspecified atom stereocenters. The lowest BCUT2D eigenvalue weighted by Crippen LogP contribution is -2.46. The largest absolute Gasteiger partial charge is 0.398 e. The average Bonchev–Trinajstić information content (AvgIpc) is 2.43. The molecule has 1 fully saturated rings. The first kappa shape index (κ1) is 15.6. The summed E-state index contributed by atoms with van der Waals surface area (Å²) in [5.41, 5.74) is 11.7. The number of hydrogen-bond donors (Lipinski definition) is 3. The van der Waals surface area contributed by atoms with Crippen LogP contribution in [-0.2, 0) is 4.79 Å². The quantitative estimate of drug-likeness (QED) is 0.709. The molecule has 0 atom stereocenters. The molecule has 21 heavy (non-hydrogen) atoms. The van der Waals surface area contributed by atoms with Crippen LogP contribution in [0.1, 0.15) is 23.2 Å². The molecule has 0 radical (unpaired) electrons. The van der Waals surface area contributed by atoms with Crippen LogP contribution < -0.4 is 16.8 Å². The number of hydrogen-bond acceptors (Lipinski definition) is 4. The van der Waals surface area contributed by atoms with Crippen molar-refractivity contribution in [2.24, 2.45) is 5.73 Å². The molecule has 1 aliphatic rings. The Morgan fingerprint density at radius 1 is 1.33 bits per heavy atom. The Bertz CT molecular complexity index is 542. The monoisotopic (exact) mass is 310 g/mol. The van der Waals surface area contributed by atoms with Gasteiger partial charge in [-0.25, -0.2) is 0 Å². The van der Waals surface area contributed by atoms with E-state index >= 15 is 0 Å². The Kier molecular flexibility index (Phi) is 5.03. The van der Waals surface area contributed by atoms with Crippen LogP contribution in [0, 0.1) is 0 Å². The van der Waals surface area contributed by atoms with Gasteiger partial charge in [0, 0.05) is 24.7 Å². The van der Waals surface area contributed by atoms with E-state index in [2.05, 4.69) is 5.32 Å². The molecule has 1 aromatic carbocycles. The zero-order valence-electron chi connectivity index (χ0n) is 11.6. The van der Waals surface area contributed by atoms with Crippen LogP contribution in [0.3, 0.4) is 0 Å². The summed E-state index contributed by atoms with van der Waals surface area (Å²) in [5.74, 6) is -0.487. The van der Waals surface area contributed by atoms with E-state index in [1.165, 1.54) is 0 Å². The summed E-state index contributed by atoms with van der Waals surface area (Å²) in [7, 11) is 0. The fourth-order valence-corrected chi connectivity index (χ4v) is 2.57. The van der Waals surface area contributed by atoms with Gasteiger partial charge in [0.05, 0.1) is 17.3 Å². The smallest absolute Gasteiger partial charge is 0.251 e. The number of nitrogens with zero attached hydrogens (tertiary/aromatic N) is 1. The number of piperidine rings is 1. The second kappa shape index (κ2) is 6.78. The molecule has 0 aromatic heterocycles. The lowest BCUT2D eigenvalue weighted by Gasteiger charge is -2.31. The van der Waals surface area contributed by atoms with Crippen molar-refractivity contribution in [3.8, 4) is 0 Å². The number of halogens is 1. The summed E-state index contributed by atoms with van der Waals surface area (Å²) in [4.78, 5) is 25.0. The molecule has 0 aliphatic carbocycles. The van der Waals surface area contributed by atoms with Crippen molar-refractivity contribution >= 4 is 29.1 Å². The molecular weight excluding hydrogens is 292 g/mol. The van der Waals surface area contributed by atoms with E-state index in [1.807, 2.05) is 4.90 Å². The SMILES string of the molecule is NC(=O)CN1CCC(NC(=O)c2ccc(N)c(Cl)c2)CC1. The van der Waals surface area contributed by atoms with Crippen molar-refractivity contribution in [3.63, 3.8) is 0 Å². The van der Waals surface area contributed by atoms with Gasteiger partial charge in [0.25, 0.3) is 5.91 Å². The minimum absolute atomic E-state index is 0.0953. The summed E-state index contributed by atoms with van der Waals surface area (Å²) in [5, 5.41) is 3.35. The number of primary amides is 1. The summed E-state index contributed by atoms with van der Waals surface area (Å²) >= 11 is 5.91. The summed E-state index contributed by atoms with van der Waals surface area (Å²) in [6.45, 7) is 1.76. The van der Waals surface area contributed by atoms with E-state index < -0.39 is 0 Å². The van der Waals surface area contributed by atoms with Gasteiger partial charge in [-0.15, -0.1) is 0 Å². The van der Waals surface area contributed by atoms with Gasteiger partial charge in [-0.05, 0) is 31.0 Å². The summed E-state index contributed by atoms with van der Waals surface area (Å²) < 4.78 is 0. The third-order valence-corrected chi connectivity index (χ3v) is 3.89. The number of nitrogens with one attached hydrogen (secondary N) is 1. The Hall–Kier alpha value is -1.79. The normalized spacial score (nSPS) is 16.6. The summed E-state index contributed by atoms with van der Waals surface area (Å²) in [6.07, 6.45) is 1.59. The van der Waals surface area contributed by atoms with Gasteiger partial charge < -0.3 is 16.8 Å². The van der Waals surface area contributed by atoms with E-state index in [4.69, 9.17) is 23.1 Å². The van der Waals surface area contributed by atoms with Crippen LogP contribution in [0.15, 0.2) is 18.2 Å². The lowest BCUT2D eigenvalue weighted by atomic mass is 10.0. The average molecular weight is 311 g/mol. The Labute approximate surface area is 128 Å². The predicted octanol–water partition coefficient (Wildman–Crippen LogP) is 0.602. The Balaban J connectivity index is 1.86. The van der Waals surface area contributed by atoms with Crippen LogP contribution in [0.25, 0.3) is 0 Å². The zero-order chi connectivity index (χ0) is 15.4. The number of anilines is 1. The molecule has 7 heteroatoms. The van der Waals surface area contributed by atoms with Gasteiger partial charge in [0.1, 0.15) is 0 Å². The molecule has 1 aliphatic heterocycles. The molecule has 1 aromatic rings. The highest BCUT2D eigenvalue weighted by atomic mass is 35.5. The maximum absolute atomic E-state index is 12.1. The highest BCUT2D eigenvalue weighted by Gasteiger charge is 2.22. The number of nitrogen functional groups attached to an aromatic ring is 1. The standard InChI is InChI=1S/C14H19ClN4O2/c15-11-7-9(1-2-12(11)16)14(21)18-10-3-5-19(6-4-10)8-13(17)20/h1-2,7,10H,3-6,8,16H2,(H2,17,20)(H,18,21). The van der Waals surface area contributed by atoms with E-state index in [-0.39, 0.29) is 24.4 Å². The first-order chi connectivity index (χ1) is 9.95. The number of nitrogens with two attached hydrogens (primary N) is 2. The second-order valence-electron chi connectivity index (χ2n) is 5.23. The molecule has 5 N–H and O–H groups in total. The molecule has 0 spiro atoms. The van der Waals surface area contributed by atoms with E-state index in [0.717, 1.165) is 25.9 Å². The first-order valence-electron chi connectivity index (χ1n) is 6.82. The van der Waals surface area contributed by atoms with Crippen LogP contribution in [0.2, 0.25) is 5.02 Å². The van der Waals surface area contributed by atoms with Gasteiger partial charge in [-0.2, -0.15) is 0 Å². The molecule has 2 amide bonds. The van der Waals surface area contributed by atoms with Crippen LogP contribution in [0.5, 0.6) is 0 Å². The minimum atomic E-state index is -0.325. The van der Waals surface area contributed by atoms with Gasteiger partial charge >= 0.3 is 0 Å². The molecule has 0 saturated carbocycles. The third-order valence-electron chi connectivity index (χ3n) is 3.56. The summed E-state index contributed by atoms with van der Waals surface area (Å²) in [6, 6.07) is 4.93. The highest BCUT2D eigenvalue weighted by molar-refractivity contribution is 6.33. The number of likely N-dealkylation sites (tertiary alicyclic amines) is 1. The predicted molar refractivity (Wildman–Crippen MR) is 82.0 cm³/mol. The Morgan fingerprint density at radius 2 is 2.00 bits per heavy atom. The molecule has 1 saturated heterocycles. The van der Waals surface area contributed by atoms with Crippen LogP contribution in [0.4, 0.5) is 5.69 Å². The molecule has 2 rings (SSSR count). The van der Waals surface area contributed by atoms with Crippen molar-refractivity contribution in [1.82, 2.24) is 10.2 Å². The van der Waals surface area contributed by atoms with E-state index in [1.54, 1.807) is 18.2 Å². The molecule has 114 valence electrons. The maximum Gasteiger partial charge on any atom is 0.251 e. The fourth-order valence-electron chi connectivity index (χ4n) is 2.39. The van der Waals surface area contributed by atoms with Crippen molar-refractivity contribution in [2.45, 2.75) is 18.9 Å². The minimum Gasteiger partial charge on any atom is -0.398 e. The number of carbonyl (C=O) groups is 2. The Morgan fingerprint density at radius 3 is 2.57 bits per heavy atom. The van der Waals surface area contributed by atoms with Crippen molar-refractivity contribution in [2.75, 3.05) is 25.4 Å². The number of rotatable bonds is 4. The fraction of sp³-hybridized carbons (Fsp3) is 0.429. The first-order valence-corrected chi connectivity index (χ1v) is 7.20. The second-order valence-corrected chi connectivity index (χ2v) is 5.63. The van der Waals surface area contributed by atoms with Crippen LogP contribution in [-0.4, -0.2) is 42.4 Å². The molecule has 0 bridgehead atoms. The van der Waals surface area contributed by atoms with E-state index in [9.17, 15) is 9.59 Å². The number of benzene rings is 1. The highest BCUT2D eigenvalue weighted by Crippen LogP contribution is 2.20. The molecular formula is C14H19ClN4O2. The zero-order valence-corrected chi connectivity index (χ0v) is 12.4. The third kappa shape index (κ3) is 4.34. The van der Waals surface area contributed by atoms with Crippen molar-refractivity contribution < 1.29 is 9.59 Å². The van der Waals surface area contributed by atoms with Crippen molar-refractivity contribution in [3.05, 3.63) is 28.8 Å². The van der Waals surface area contributed by atoms with Gasteiger partial charge in [0.2, 0.25) is 5.91 Å².